The van der Waals surface area contributed by atoms with E-state index in [0.717, 1.165) is 35.6 Å². The van der Waals surface area contributed by atoms with E-state index in [9.17, 15) is 0 Å². The zero-order valence-electron chi connectivity index (χ0n) is 11.2. The Balaban J connectivity index is 1.81. The number of rotatable bonds is 2. The normalized spacial score (nSPS) is 15.9. The van der Waals surface area contributed by atoms with Crippen LogP contribution in [0.3, 0.4) is 0 Å². The van der Waals surface area contributed by atoms with Crippen LogP contribution in [-0.4, -0.2) is 28.0 Å². The summed E-state index contributed by atoms with van der Waals surface area (Å²) in [6.07, 6.45) is 5.52. The molecule has 0 spiro atoms. The predicted octanol–water partition coefficient (Wildman–Crippen LogP) is 3.68. The number of H-pyrrole nitrogens is 1. The molecule has 3 aromatic heterocycles. The van der Waals surface area contributed by atoms with Crippen LogP contribution in [0.5, 0.6) is 0 Å². The minimum atomic E-state index is 1.00. The molecule has 0 aromatic carbocycles. The van der Waals surface area contributed by atoms with E-state index in [1.165, 1.54) is 24.1 Å². The van der Waals surface area contributed by atoms with Crippen molar-refractivity contribution in [1.82, 2.24) is 15.0 Å². The molecule has 3 aromatic rings. The van der Waals surface area contributed by atoms with Gasteiger partial charge in [-0.3, -0.25) is 0 Å². The molecule has 0 radical (unpaired) electrons. The number of hydrogen-bond donors (Lipinski definition) is 1. The second-order valence-electron chi connectivity index (χ2n) is 5.17. The Labute approximate surface area is 121 Å². The third-order valence-electron chi connectivity index (χ3n) is 3.84. The van der Waals surface area contributed by atoms with Gasteiger partial charge in [-0.05, 0) is 36.8 Å². The van der Waals surface area contributed by atoms with Gasteiger partial charge in [-0.25, -0.2) is 9.97 Å². The number of fused-ring (bicyclic) bond motifs is 1. The number of hydrogen-bond acceptors (Lipinski definition) is 4. The third-order valence-corrected chi connectivity index (χ3v) is 4.74. The largest absolute Gasteiger partial charge is 0.355 e. The number of piperidine rings is 1. The van der Waals surface area contributed by atoms with Crippen LogP contribution in [0.1, 0.15) is 19.3 Å². The van der Waals surface area contributed by atoms with Gasteiger partial charge in [0.25, 0.3) is 0 Å². The van der Waals surface area contributed by atoms with Crippen LogP contribution in [0.25, 0.3) is 21.6 Å². The zero-order valence-corrected chi connectivity index (χ0v) is 12.0. The van der Waals surface area contributed by atoms with Gasteiger partial charge < -0.3 is 9.88 Å². The first-order valence-electron chi connectivity index (χ1n) is 7.04. The van der Waals surface area contributed by atoms with Crippen molar-refractivity contribution >= 4 is 28.2 Å². The van der Waals surface area contributed by atoms with Gasteiger partial charge in [0.05, 0.1) is 16.1 Å². The summed E-state index contributed by atoms with van der Waals surface area (Å²) in [5.41, 5.74) is 3.20. The zero-order chi connectivity index (χ0) is 13.4. The molecule has 0 amide bonds. The van der Waals surface area contributed by atoms with E-state index in [-0.39, 0.29) is 0 Å². The number of anilines is 1. The molecule has 4 nitrogen and oxygen atoms in total. The van der Waals surface area contributed by atoms with Crippen molar-refractivity contribution in [3.05, 3.63) is 29.9 Å². The first-order valence-corrected chi connectivity index (χ1v) is 7.92. The van der Waals surface area contributed by atoms with Crippen molar-refractivity contribution in [2.75, 3.05) is 18.0 Å². The van der Waals surface area contributed by atoms with E-state index in [0.29, 0.717) is 0 Å². The lowest BCUT2D eigenvalue weighted by Crippen LogP contribution is -2.30. The highest BCUT2D eigenvalue weighted by molar-refractivity contribution is 7.13. The van der Waals surface area contributed by atoms with Crippen LogP contribution in [0.15, 0.2) is 29.9 Å². The van der Waals surface area contributed by atoms with Gasteiger partial charge in [0.2, 0.25) is 0 Å². The van der Waals surface area contributed by atoms with Crippen molar-refractivity contribution in [2.24, 2.45) is 0 Å². The standard InChI is InChI=1S/C15H16N4S/c1-2-6-19(7-3-1)15-14-12(16-10-17-15)9-11(18-14)13-5-4-8-20-13/h4-5,8-10,18H,1-3,6-7H2. The van der Waals surface area contributed by atoms with E-state index >= 15 is 0 Å². The quantitative estimate of drug-likeness (QED) is 0.781. The molecule has 0 aliphatic carbocycles. The SMILES string of the molecule is c1csc(-c2cc3ncnc(N4CCCCC4)c3[nH]2)c1. The highest BCUT2D eigenvalue weighted by Crippen LogP contribution is 2.31. The molecular formula is C15H16N4S. The molecule has 0 atom stereocenters. The molecule has 4 rings (SSSR count). The molecule has 5 heteroatoms. The summed E-state index contributed by atoms with van der Waals surface area (Å²) in [4.78, 5) is 16.0. The number of nitrogens with one attached hydrogen (secondary N) is 1. The Morgan fingerprint density at radius 1 is 1.15 bits per heavy atom. The maximum absolute atomic E-state index is 4.51. The number of aromatic amines is 1. The topological polar surface area (TPSA) is 44.8 Å². The molecule has 102 valence electrons. The van der Waals surface area contributed by atoms with Gasteiger partial charge >= 0.3 is 0 Å². The van der Waals surface area contributed by atoms with E-state index < -0.39 is 0 Å². The fourth-order valence-electron chi connectivity index (χ4n) is 2.84. The smallest absolute Gasteiger partial charge is 0.156 e. The highest BCUT2D eigenvalue weighted by Gasteiger charge is 2.17. The van der Waals surface area contributed by atoms with E-state index in [1.807, 2.05) is 0 Å². The van der Waals surface area contributed by atoms with Gasteiger partial charge in [0, 0.05) is 13.1 Å². The predicted molar refractivity (Wildman–Crippen MR) is 83.3 cm³/mol. The van der Waals surface area contributed by atoms with Crippen LogP contribution >= 0.6 is 11.3 Å². The summed E-state index contributed by atoms with van der Waals surface area (Å²) >= 11 is 1.74. The molecule has 1 aliphatic rings. The fraction of sp³-hybridized carbons (Fsp3) is 0.333. The third kappa shape index (κ3) is 1.98. The second kappa shape index (κ2) is 4.90. The summed E-state index contributed by atoms with van der Waals surface area (Å²) < 4.78 is 0. The van der Waals surface area contributed by atoms with Crippen molar-refractivity contribution in [1.29, 1.82) is 0 Å². The molecule has 1 aliphatic heterocycles. The van der Waals surface area contributed by atoms with Crippen molar-refractivity contribution in [3.63, 3.8) is 0 Å². The summed E-state index contributed by atoms with van der Waals surface area (Å²) in [6, 6.07) is 6.32. The monoisotopic (exact) mass is 284 g/mol. The van der Waals surface area contributed by atoms with Crippen LogP contribution in [0, 0.1) is 0 Å². The Bertz CT molecular complexity index is 711. The molecule has 0 saturated carbocycles. The molecule has 1 fully saturated rings. The van der Waals surface area contributed by atoms with Crippen LogP contribution in [-0.2, 0) is 0 Å². The Hall–Kier alpha value is -1.88. The Morgan fingerprint density at radius 3 is 2.85 bits per heavy atom. The molecule has 0 unspecified atom stereocenters. The van der Waals surface area contributed by atoms with Crippen molar-refractivity contribution in [2.45, 2.75) is 19.3 Å². The summed E-state index contributed by atoms with van der Waals surface area (Å²) in [7, 11) is 0. The van der Waals surface area contributed by atoms with E-state index in [4.69, 9.17) is 0 Å². The second-order valence-corrected chi connectivity index (χ2v) is 6.11. The molecule has 4 heterocycles. The molecule has 20 heavy (non-hydrogen) atoms. The summed E-state index contributed by atoms with van der Waals surface area (Å²) in [5.74, 6) is 1.05. The number of thiophene rings is 1. The maximum atomic E-state index is 4.51. The first-order chi connectivity index (χ1) is 9.92. The lowest BCUT2D eigenvalue weighted by molar-refractivity contribution is 0.574. The minimum Gasteiger partial charge on any atom is -0.355 e. The van der Waals surface area contributed by atoms with Crippen LogP contribution in [0.4, 0.5) is 5.82 Å². The Kier molecular flexibility index (Phi) is 2.92. The fourth-order valence-corrected chi connectivity index (χ4v) is 3.53. The van der Waals surface area contributed by atoms with Gasteiger partial charge in [-0.1, -0.05) is 6.07 Å². The lowest BCUT2D eigenvalue weighted by atomic mass is 10.1. The van der Waals surface area contributed by atoms with Crippen molar-refractivity contribution in [3.8, 4) is 10.6 Å². The first kappa shape index (κ1) is 11.9. The molecule has 1 N–H and O–H groups in total. The number of nitrogens with zero attached hydrogens (tertiary/aromatic N) is 3. The Morgan fingerprint density at radius 2 is 2.05 bits per heavy atom. The number of aromatic nitrogens is 3. The molecule has 1 saturated heterocycles. The van der Waals surface area contributed by atoms with Gasteiger partial charge in [-0.15, -0.1) is 11.3 Å². The van der Waals surface area contributed by atoms with Crippen LogP contribution < -0.4 is 4.90 Å². The van der Waals surface area contributed by atoms with E-state index in [1.54, 1.807) is 17.7 Å². The maximum Gasteiger partial charge on any atom is 0.156 e. The van der Waals surface area contributed by atoms with Gasteiger partial charge in [-0.2, -0.15) is 0 Å². The van der Waals surface area contributed by atoms with Gasteiger partial charge in [0.1, 0.15) is 11.8 Å². The van der Waals surface area contributed by atoms with Gasteiger partial charge in [0.15, 0.2) is 5.82 Å². The summed E-state index contributed by atoms with van der Waals surface area (Å²) in [5, 5.41) is 2.10. The lowest BCUT2D eigenvalue weighted by Gasteiger charge is -2.27. The highest BCUT2D eigenvalue weighted by atomic mass is 32.1. The van der Waals surface area contributed by atoms with Crippen molar-refractivity contribution < 1.29 is 0 Å². The molecular weight excluding hydrogens is 268 g/mol. The van der Waals surface area contributed by atoms with Crippen LogP contribution in [0.2, 0.25) is 0 Å². The molecule has 0 bridgehead atoms. The minimum absolute atomic E-state index is 1.00. The summed E-state index contributed by atoms with van der Waals surface area (Å²) in [6.45, 7) is 2.19. The average molecular weight is 284 g/mol. The van der Waals surface area contributed by atoms with E-state index in [2.05, 4.69) is 43.4 Å². The average Bonchev–Trinajstić information content (AvgIpc) is 3.16.